The molecule has 0 unspecified atom stereocenters. The zero-order valence-electron chi connectivity index (χ0n) is 19.7. The molecular weight excluding hydrogens is 495 g/mol. The molecule has 190 valence electrons. The smallest absolute Gasteiger partial charge is 0.406 e. The first-order chi connectivity index (χ1) is 18.3. The van der Waals surface area contributed by atoms with Gasteiger partial charge < -0.3 is 15.4 Å². The Morgan fingerprint density at radius 1 is 0.763 bits per heavy atom. The zero-order chi connectivity index (χ0) is 26.5. The number of rotatable bonds is 6. The predicted molar refractivity (Wildman–Crippen MR) is 138 cm³/mol. The lowest BCUT2D eigenvalue weighted by atomic mass is 10.0. The van der Waals surface area contributed by atoms with Gasteiger partial charge in [-0.1, -0.05) is 48.5 Å². The standard InChI is InChI=1S/C28H20F3N5O2/c29-28(30,31)38-23-16-14-22(15-17-23)36-18-32-26(35-36)20-10-12-21(13-11-20)33-27(37)34-25-9-5-4-8-24(25)19-6-2-1-3-7-19/h1-18H,(H2,33,34,37). The minimum Gasteiger partial charge on any atom is -0.406 e. The highest BCUT2D eigenvalue weighted by atomic mass is 19.4. The Hall–Kier alpha value is -5.12. The summed E-state index contributed by atoms with van der Waals surface area (Å²) in [5.41, 5.74) is 4.36. The summed E-state index contributed by atoms with van der Waals surface area (Å²) in [6, 6.07) is 29.2. The molecule has 0 saturated heterocycles. The number of alkyl halides is 3. The summed E-state index contributed by atoms with van der Waals surface area (Å²) in [7, 11) is 0. The summed E-state index contributed by atoms with van der Waals surface area (Å²) < 4.78 is 42.4. The van der Waals surface area contributed by atoms with E-state index < -0.39 is 6.36 Å². The number of carbonyl (C=O) groups is 1. The van der Waals surface area contributed by atoms with Crippen molar-refractivity contribution >= 4 is 17.4 Å². The Balaban J connectivity index is 1.23. The maximum absolute atomic E-state index is 12.7. The average molecular weight is 515 g/mol. The summed E-state index contributed by atoms with van der Waals surface area (Å²) in [5.74, 6) is 0.0886. The van der Waals surface area contributed by atoms with Crippen molar-refractivity contribution in [2.45, 2.75) is 6.36 Å². The summed E-state index contributed by atoms with van der Waals surface area (Å²) >= 11 is 0. The molecule has 2 amide bonds. The van der Waals surface area contributed by atoms with Gasteiger partial charge in [0.15, 0.2) is 5.82 Å². The minimum atomic E-state index is -4.75. The molecule has 0 radical (unpaired) electrons. The number of nitrogens with one attached hydrogen (secondary N) is 2. The number of para-hydroxylation sites is 1. The minimum absolute atomic E-state index is 0.322. The molecule has 4 aromatic carbocycles. The third-order valence-electron chi connectivity index (χ3n) is 5.49. The molecule has 0 atom stereocenters. The Labute approximate surface area is 215 Å². The van der Waals surface area contributed by atoms with Crippen molar-refractivity contribution in [2.75, 3.05) is 10.6 Å². The summed E-state index contributed by atoms with van der Waals surface area (Å²) in [5, 5.41) is 10.1. The fraction of sp³-hybridized carbons (Fsp3) is 0.0357. The number of carbonyl (C=O) groups excluding carboxylic acids is 1. The van der Waals surface area contributed by atoms with Crippen LogP contribution in [-0.2, 0) is 0 Å². The van der Waals surface area contributed by atoms with Gasteiger partial charge in [0.1, 0.15) is 12.1 Å². The largest absolute Gasteiger partial charge is 0.573 e. The van der Waals surface area contributed by atoms with E-state index in [1.165, 1.54) is 35.3 Å². The monoisotopic (exact) mass is 515 g/mol. The Morgan fingerprint density at radius 2 is 1.45 bits per heavy atom. The topological polar surface area (TPSA) is 81.1 Å². The Morgan fingerprint density at radius 3 is 2.16 bits per heavy atom. The number of benzene rings is 4. The number of urea groups is 1. The molecular formula is C28H20F3N5O2. The number of anilines is 2. The van der Waals surface area contributed by atoms with Crippen LogP contribution in [0.5, 0.6) is 5.75 Å². The van der Waals surface area contributed by atoms with E-state index in [9.17, 15) is 18.0 Å². The molecule has 0 fully saturated rings. The third kappa shape index (κ3) is 5.98. The van der Waals surface area contributed by atoms with Gasteiger partial charge in [0.05, 0.1) is 11.4 Å². The predicted octanol–water partition coefficient (Wildman–Crippen LogP) is 7.14. The molecule has 7 nitrogen and oxygen atoms in total. The van der Waals surface area contributed by atoms with Crippen LogP contribution in [0.3, 0.4) is 0 Å². The summed E-state index contributed by atoms with van der Waals surface area (Å²) in [6.07, 6.45) is -3.30. The number of hydrogen-bond donors (Lipinski definition) is 2. The molecule has 0 aliphatic rings. The SMILES string of the molecule is O=C(Nc1ccc(-c2ncn(-c3ccc(OC(F)(F)F)cc3)n2)cc1)Nc1ccccc1-c1ccccc1. The van der Waals surface area contributed by atoms with Crippen LogP contribution in [-0.4, -0.2) is 27.2 Å². The van der Waals surface area contributed by atoms with Crippen LogP contribution >= 0.6 is 0 Å². The van der Waals surface area contributed by atoms with Crippen molar-refractivity contribution < 1.29 is 22.7 Å². The van der Waals surface area contributed by atoms with Crippen molar-refractivity contribution in [1.82, 2.24) is 14.8 Å². The number of aromatic nitrogens is 3. The van der Waals surface area contributed by atoms with Gasteiger partial charge in [0, 0.05) is 16.8 Å². The molecule has 38 heavy (non-hydrogen) atoms. The normalized spacial score (nSPS) is 11.1. The van der Waals surface area contributed by atoms with Gasteiger partial charge in [0.25, 0.3) is 0 Å². The first kappa shape index (κ1) is 24.6. The molecule has 0 aliphatic carbocycles. The van der Waals surface area contributed by atoms with E-state index >= 15 is 0 Å². The van der Waals surface area contributed by atoms with Crippen LogP contribution < -0.4 is 15.4 Å². The van der Waals surface area contributed by atoms with Crippen molar-refractivity contribution in [3.8, 4) is 34.0 Å². The van der Waals surface area contributed by atoms with Gasteiger partial charge in [-0.05, 0) is 60.2 Å². The maximum atomic E-state index is 12.7. The van der Waals surface area contributed by atoms with E-state index in [1.54, 1.807) is 24.3 Å². The first-order valence-electron chi connectivity index (χ1n) is 11.4. The van der Waals surface area contributed by atoms with Crippen LogP contribution in [0.4, 0.5) is 29.3 Å². The van der Waals surface area contributed by atoms with Crippen molar-refractivity contribution in [3.63, 3.8) is 0 Å². The van der Waals surface area contributed by atoms with Crippen LogP contribution in [0.1, 0.15) is 0 Å². The van der Waals surface area contributed by atoms with Gasteiger partial charge >= 0.3 is 12.4 Å². The second kappa shape index (κ2) is 10.5. The lowest BCUT2D eigenvalue weighted by molar-refractivity contribution is -0.274. The maximum Gasteiger partial charge on any atom is 0.573 e. The Kier molecular flexibility index (Phi) is 6.77. The molecule has 10 heteroatoms. The highest BCUT2D eigenvalue weighted by Gasteiger charge is 2.31. The third-order valence-corrected chi connectivity index (χ3v) is 5.49. The Bertz CT molecular complexity index is 1530. The van der Waals surface area contributed by atoms with Gasteiger partial charge in [-0.2, -0.15) is 0 Å². The van der Waals surface area contributed by atoms with Crippen LogP contribution in [0.25, 0.3) is 28.2 Å². The lowest BCUT2D eigenvalue weighted by Crippen LogP contribution is -2.19. The average Bonchev–Trinajstić information content (AvgIpc) is 3.40. The number of amides is 2. The number of halogens is 3. The van der Waals surface area contributed by atoms with E-state index in [-0.39, 0.29) is 11.8 Å². The van der Waals surface area contributed by atoms with Crippen LogP contribution in [0.2, 0.25) is 0 Å². The van der Waals surface area contributed by atoms with E-state index in [2.05, 4.69) is 25.5 Å². The molecule has 0 spiro atoms. The molecule has 1 heterocycles. The molecule has 5 aromatic rings. The molecule has 2 N–H and O–H groups in total. The highest BCUT2D eigenvalue weighted by Crippen LogP contribution is 2.28. The number of hydrogen-bond acceptors (Lipinski definition) is 4. The molecule has 0 saturated carbocycles. The molecule has 5 rings (SSSR count). The number of nitrogens with zero attached hydrogens (tertiary/aromatic N) is 3. The van der Waals surface area contributed by atoms with E-state index in [4.69, 9.17) is 0 Å². The summed E-state index contributed by atoms with van der Waals surface area (Å²) in [4.78, 5) is 16.9. The van der Waals surface area contributed by atoms with Gasteiger partial charge in [-0.3, -0.25) is 0 Å². The van der Waals surface area contributed by atoms with Crippen LogP contribution in [0, 0.1) is 0 Å². The van der Waals surface area contributed by atoms with Gasteiger partial charge in [-0.15, -0.1) is 18.3 Å². The first-order valence-corrected chi connectivity index (χ1v) is 11.4. The second-order valence-corrected chi connectivity index (χ2v) is 8.12. The zero-order valence-corrected chi connectivity index (χ0v) is 19.7. The molecule has 0 aliphatic heterocycles. The van der Waals surface area contributed by atoms with Gasteiger partial charge in [-0.25, -0.2) is 14.5 Å². The fourth-order valence-corrected chi connectivity index (χ4v) is 3.77. The van der Waals surface area contributed by atoms with Crippen molar-refractivity contribution in [2.24, 2.45) is 0 Å². The summed E-state index contributed by atoms with van der Waals surface area (Å²) in [6.45, 7) is 0. The van der Waals surface area contributed by atoms with E-state index in [0.717, 1.165) is 11.1 Å². The molecule has 1 aromatic heterocycles. The van der Waals surface area contributed by atoms with Crippen molar-refractivity contribution in [1.29, 1.82) is 0 Å². The lowest BCUT2D eigenvalue weighted by Gasteiger charge is -2.12. The number of ether oxygens (including phenoxy) is 1. The van der Waals surface area contributed by atoms with E-state index in [0.29, 0.717) is 28.5 Å². The fourth-order valence-electron chi connectivity index (χ4n) is 3.77. The second-order valence-electron chi connectivity index (χ2n) is 8.12. The highest BCUT2D eigenvalue weighted by molar-refractivity contribution is 6.02. The van der Waals surface area contributed by atoms with Crippen molar-refractivity contribution in [3.05, 3.63) is 109 Å². The quantitative estimate of drug-likeness (QED) is 0.252. The van der Waals surface area contributed by atoms with Crippen LogP contribution in [0.15, 0.2) is 109 Å². The van der Waals surface area contributed by atoms with Gasteiger partial charge in [0.2, 0.25) is 0 Å². The molecule has 0 bridgehead atoms. The van der Waals surface area contributed by atoms with E-state index in [1.807, 2.05) is 54.6 Å².